The molecule has 4 nitrogen and oxygen atoms in total. The molecule has 8 heteroatoms. The zero-order valence-electron chi connectivity index (χ0n) is 9.96. The topological polar surface area (TPSA) is 38.1 Å². The third kappa shape index (κ3) is 4.30. The van der Waals surface area contributed by atoms with E-state index in [0.29, 0.717) is 13.1 Å². The van der Waals surface area contributed by atoms with Gasteiger partial charge < -0.3 is 4.90 Å². The number of hydrogen-bond donors (Lipinski definition) is 0. The lowest BCUT2D eigenvalue weighted by molar-refractivity contribution is -0.125. The molecule has 0 fully saturated rings. The van der Waals surface area contributed by atoms with Gasteiger partial charge in [-0.3, -0.25) is 9.48 Å². The smallest absolute Gasteiger partial charge is 0.308 e. The van der Waals surface area contributed by atoms with Crippen LogP contribution in [-0.2, 0) is 6.54 Å². The Morgan fingerprint density at radius 2 is 2.11 bits per heavy atom. The Morgan fingerprint density at radius 3 is 2.61 bits per heavy atom. The van der Waals surface area contributed by atoms with E-state index < -0.39 is 18.4 Å². The standard InChI is InChI=1S/C10H13ClF3N3O/c1-16(2)3-4-17-9(7(11)6-15-17)8(18)5-10(12,13)14/h6H,3-5H2,1-2H3. The number of alkyl halides is 3. The monoisotopic (exact) mass is 283 g/mol. The van der Waals surface area contributed by atoms with Gasteiger partial charge in [0, 0.05) is 6.54 Å². The van der Waals surface area contributed by atoms with E-state index in [9.17, 15) is 18.0 Å². The molecule has 0 aliphatic rings. The lowest BCUT2D eigenvalue weighted by Crippen LogP contribution is -2.23. The molecular formula is C10H13ClF3N3O. The Balaban J connectivity index is 2.87. The van der Waals surface area contributed by atoms with Gasteiger partial charge >= 0.3 is 6.18 Å². The number of rotatable bonds is 5. The molecule has 0 atom stereocenters. The zero-order valence-corrected chi connectivity index (χ0v) is 10.7. The van der Waals surface area contributed by atoms with Crippen molar-refractivity contribution in [2.75, 3.05) is 20.6 Å². The lowest BCUT2D eigenvalue weighted by atomic mass is 10.2. The van der Waals surface area contributed by atoms with Gasteiger partial charge in [-0.15, -0.1) is 0 Å². The Kier molecular flexibility index (Phi) is 4.75. The van der Waals surface area contributed by atoms with Crippen LogP contribution >= 0.6 is 11.6 Å². The largest absolute Gasteiger partial charge is 0.396 e. The van der Waals surface area contributed by atoms with Gasteiger partial charge in [-0.25, -0.2) is 0 Å². The van der Waals surface area contributed by atoms with E-state index in [1.807, 2.05) is 19.0 Å². The average Bonchev–Trinajstić information content (AvgIpc) is 2.53. The number of hydrogen-bond acceptors (Lipinski definition) is 3. The van der Waals surface area contributed by atoms with Gasteiger partial charge in [-0.1, -0.05) is 11.6 Å². The van der Waals surface area contributed by atoms with Crippen molar-refractivity contribution in [1.82, 2.24) is 14.7 Å². The van der Waals surface area contributed by atoms with Gasteiger partial charge in [-0.2, -0.15) is 18.3 Å². The van der Waals surface area contributed by atoms with Crippen molar-refractivity contribution in [3.63, 3.8) is 0 Å². The van der Waals surface area contributed by atoms with E-state index in [1.165, 1.54) is 10.9 Å². The number of carbonyl (C=O) groups is 1. The maximum Gasteiger partial charge on any atom is 0.396 e. The highest BCUT2D eigenvalue weighted by Gasteiger charge is 2.33. The molecule has 0 saturated carbocycles. The summed E-state index contributed by atoms with van der Waals surface area (Å²) in [4.78, 5) is 13.4. The van der Waals surface area contributed by atoms with Crippen molar-refractivity contribution in [3.8, 4) is 0 Å². The van der Waals surface area contributed by atoms with Gasteiger partial charge in [0.15, 0.2) is 5.78 Å². The number of Topliss-reactive ketones (excluding diaryl/α,β-unsaturated/α-hetero) is 1. The number of nitrogens with zero attached hydrogens (tertiary/aromatic N) is 3. The lowest BCUT2D eigenvalue weighted by Gasteiger charge is -2.12. The van der Waals surface area contributed by atoms with Crippen LogP contribution in [0.15, 0.2) is 6.20 Å². The fourth-order valence-corrected chi connectivity index (χ4v) is 1.62. The molecule has 102 valence electrons. The second-order valence-electron chi connectivity index (χ2n) is 4.08. The highest BCUT2D eigenvalue weighted by molar-refractivity contribution is 6.33. The van der Waals surface area contributed by atoms with Crippen LogP contribution in [0, 0.1) is 0 Å². The molecular weight excluding hydrogens is 271 g/mol. The molecule has 0 amide bonds. The molecule has 1 aromatic heterocycles. The summed E-state index contributed by atoms with van der Waals surface area (Å²) in [5.41, 5.74) is -0.184. The fourth-order valence-electron chi connectivity index (χ4n) is 1.37. The van der Waals surface area contributed by atoms with E-state index in [4.69, 9.17) is 11.6 Å². The second kappa shape index (κ2) is 5.71. The number of likely N-dealkylation sites (N-methyl/N-ethyl adjacent to an activating group) is 1. The van der Waals surface area contributed by atoms with Crippen LogP contribution in [0.2, 0.25) is 5.02 Å². The molecule has 1 aromatic rings. The summed E-state index contributed by atoms with van der Waals surface area (Å²) in [5.74, 6) is -1.07. The minimum atomic E-state index is -4.54. The SMILES string of the molecule is CN(C)CCn1ncc(Cl)c1C(=O)CC(F)(F)F. The Hall–Kier alpha value is -1.08. The maximum atomic E-state index is 12.2. The van der Waals surface area contributed by atoms with Gasteiger partial charge in [0.1, 0.15) is 12.1 Å². The van der Waals surface area contributed by atoms with Crippen molar-refractivity contribution in [2.24, 2.45) is 0 Å². The van der Waals surface area contributed by atoms with E-state index in [-0.39, 0.29) is 10.7 Å². The highest BCUT2D eigenvalue weighted by Crippen LogP contribution is 2.25. The van der Waals surface area contributed by atoms with Crippen LogP contribution in [0.4, 0.5) is 13.2 Å². The van der Waals surface area contributed by atoms with Crippen LogP contribution in [0.3, 0.4) is 0 Å². The van der Waals surface area contributed by atoms with E-state index in [0.717, 1.165) is 0 Å². The van der Waals surface area contributed by atoms with Crippen molar-refractivity contribution in [1.29, 1.82) is 0 Å². The molecule has 1 rings (SSSR count). The molecule has 0 radical (unpaired) electrons. The fraction of sp³-hybridized carbons (Fsp3) is 0.600. The molecule has 0 saturated heterocycles. The summed E-state index contributed by atoms with van der Waals surface area (Å²) in [7, 11) is 3.62. The average molecular weight is 284 g/mol. The first-order chi connectivity index (χ1) is 8.20. The first-order valence-electron chi connectivity index (χ1n) is 5.16. The molecule has 0 spiro atoms. The first kappa shape index (κ1) is 15.0. The highest BCUT2D eigenvalue weighted by atomic mass is 35.5. The van der Waals surface area contributed by atoms with Crippen LogP contribution in [0.1, 0.15) is 16.9 Å². The van der Waals surface area contributed by atoms with E-state index in [2.05, 4.69) is 5.10 Å². The molecule has 1 heterocycles. The first-order valence-corrected chi connectivity index (χ1v) is 5.54. The Bertz CT molecular complexity index is 428. The Morgan fingerprint density at radius 1 is 1.50 bits per heavy atom. The van der Waals surface area contributed by atoms with Gasteiger partial charge in [0.25, 0.3) is 0 Å². The third-order valence-corrected chi connectivity index (χ3v) is 2.46. The molecule has 0 aromatic carbocycles. The summed E-state index contributed by atoms with van der Waals surface area (Å²) in [6, 6.07) is 0. The van der Waals surface area contributed by atoms with E-state index in [1.54, 1.807) is 0 Å². The third-order valence-electron chi connectivity index (χ3n) is 2.18. The van der Waals surface area contributed by atoms with Gasteiger partial charge in [-0.05, 0) is 14.1 Å². The number of ketones is 1. The van der Waals surface area contributed by atoms with E-state index >= 15 is 0 Å². The van der Waals surface area contributed by atoms with Crippen molar-refractivity contribution in [3.05, 3.63) is 16.9 Å². The predicted octanol–water partition coefficient (Wildman–Crippen LogP) is 2.23. The predicted molar refractivity (Wildman–Crippen MR) is 60.8 cm³/mol. The quantitative estimate of drug-likeness (QED) is 0.778. The summed E-state index contributed by atoms with van der Waals surface area (Å²) in [5, 5.41) is 3.76. The summed E-state index contributed by atoms with van der Waals surface area (Å²) in [6.45, 7) is 0.850. The van der Waals surface area contributed by atoms with Crippen molar-refractivity contribution < 1.29 is 18.0 Å². The summed E-state index contributed by atoms with van der Waals surface area (Å²) < 4.78 is 37.7. The van der Waals surface area contributed by atoms with Crippen LogP contribution in [-0.4, -0.2) is 47.3 Å². The van der Waals surface area contributed by atoms with Crippen molar-refractivity contribution >= 4 is 17.4 Å². The number of carbonyl (C=O) groups excluding carboxylic acids is 1. The molecule has 0 aliphatic heterocycles. The number of halogens is 4. The molecule has 0 N–H and O–H groups in total. The molecule has 0 bridgehead atoms. The van der Waals surface area contributed by atoms with Crippen LogP contribution in [0.5, 0.6) is 0 Å². The summed E-state index contributed by atoms with van der Waals surface area (Å²) >= 11 is 5.70. The van der Waals surface area contributed by atoms with Crippen LogP contribution < -0.4 is 0 Å². The molecule has 0 unspecified atom stereocenters. The minimum Gasteiger partial charge on any atom is -0.308 e. The molecule has 0 aliphatic carbocycles. The van der Waals surface area contributed by atoms with Crippen LogP contribution in [0.25, 0.3) is 0 Å². The number of aromatic nitrogens is 2. The molecule has 18 heavy (non-hydrogen) atoms. The summed E-state index contributed by atoms with van der Waals surface area (Å²) in [6.07, 6.45) is -4.89. The normalized spacial score (nSPS) is 12.2. The van der Waals surface area contributed by atoms with Gasteiger partial charge in [0.2, 0.25) is 0 Å². The van der Waals surface area contributed by atoms with Gasteiger partial charge in [0.05, 0.1) is 17.8 Å². The zero-order chi connectivity index (χ0) is 13.9. The maximum absolute atomic E-state index is 12.2. The Labute approximate surface area is 107 Å². The van der Waals surface area contributed by atoms with Crippen molar-refractivity contribution in [2.45, 2.75) is 19.1 Å². The second-order valence-corrected chi connectivity index (χ2v) is 4.49. The minimum absolute atomic E-state index is 0.0528.